The van der Waals surface area contributed by atoms with Crippen molar-refractivity contribution in [3.05, 3.63) is 119 Å². The van der Waals surface area contributed by atoms with Crippen molar-refractivity contribution < 1.29 is 27.4 Å². The summed E-state index contributed by atoms with van der Waals surface area (Å²) in [6, 6.07) is 27.0. The minimum absolute atomic E-state index is 0.0926. The normalized spacial score (nSPS) is 11.6. The third-order valence-electron chi connectivity index (χ3n) is 7.28. The van der Waals surface area contributed by atoms with Crippen molar-refractivity contribution in [2.75, 3.05) is 6.61 Å². The highest BCUT2D eigenvalue weighted by Gasteiger charge is 2.34. The summed E-state index contributed by atoms with van der Waals surface area (Å²) in [5.41, 5.74) is 5.05. The van der Waals surface area contributed by atoms with Crippen molar-refractivity contribution in [2.45, 2.75) is 45.9 Å². The molecule has 0 radical (unpaired) electrons. The molecule has 4 aromatic carbocycles. The quantitative estimate of drug-likeness (QED) is 0.162. The van der Waals surface area contributed by atoms with Crippen molar-refractivity contribution in [1.29, 1.82) is 0 Å². The second kappa shape index (κ2) is 12.7. The number of benzene rings is 4. The Labute approximate surface area is 249 Å². The first-order chi connectivity index (χ1) is 20.7. The number of hydrogen-bond acceptors (Lipinski definition) is 4. The van der Waals surface area contributed by atoms with Crippen LogP contribution >= 0.6 is 0 Å². The van der Waals surface area contributed by atoms with Crippen LogP contribution in [0.4, 0.5) is 13.2 Å². The topological polar surface area (TPSA) is 48.4 Å². The zero-order chi connectivity index (χ0) is 30.6. The van der Waals surface area contributed by atoms with Crippen LogP contribution in [0.3, 0.4) is 0 Å². The molecule has 0 aliphatic heterocycles. The Morgan fingerprint density at radius 3 is 2.30 bits per heavy atom. The maximum Gasteiger partial charge on any atom is 0.418 e. The van der Waals surface area contributed by atoms with Crippen molar-refractivity contribution in [2.24, 2.45) is 0 Å². The molecule has 0 spiro atoms. The smallest absolute Gasteiger partial charge is 0.418 e. The monoisotopic (exact) mass is 583 g/mol. The van der Waals surface area contributed by atoms with E-state index in [1.807, 2.05) is 72.8 Å². The molecule has 0 amide bonds. The highest BCUT2D eigenvalue weighted by Crippen LogP contribution is 2.43. The van der Waals surface area contributed by atoms with Gasteiger partial charge in [-0.15, -0.1) is 0 Å². The maximum absolute atomic E-state index is 14.0. The lowest BCUT2D eigenvalue weighted by Crippen LogP contribution is -2.07. The first kappa shape index (κ1) is 29.8. The van der Waals surface area contributed by atoms with E-state index in [1.165, 1.54) is 6.07 Å². The summed E-state index contributed by atoms with van der Waals surface area (Å²) in [6.07, 6.45) is -2.79. The second-order valence-corrected chi connectivity index (χ2v) is 10.6. The Balaban J connectivity index is 1.54. The Morgan fingerprint density at radius 1 is 0.860 bits per heavy atom. The largest absolute Gasteiger partial charge is 0.489 e. The van der Waals surface area contributed by atoms with Crippen LogP contribution < -0.4 is 4.74 Å². The first-order valence-electron chi connectivity index (χ1n) is 14.2. The van der Waals surface area contributed by atoms with Crippen LogP contribution in [0.1, 0.15) is 48.9 Å². The van der Waals surface area contributed by atoms with Gasteiger partial charge in [-0.3, -0.25) is 9.78 Å². The van der Waals surface area contributed by atoms with Crippen molar-refractivity contribution in [3.63, 3.8) is 0 Å². The van der Waals surface area contributed by atoms with Gasteiger partial charge in [0, 0.05) is 22.7 Å². The van der Waals surface area contributed by atoms with Crippen molar-refractivity contribution in [1.82, 2.24) is 4.98 Å². The van der Waals surface area contributed by atoms with Crippen LogP contribution in [0.25, 0.3) is 33.2 Å². The summed E-state index contributed by atoms with van der Waals surface area (Å²) in [5, 5.41) is 0.417. The molecule has 4 nitrogen and oxygen atoms in total. The van der Waals surface area contributed by atoms with Gasteiger partial charge in [0.15, 0.2) is 0 Å². The summed E-state index contributed by atoms with van der Waals surface area (Å²) < 4.78 is 53.2. The maximum atomic E-state index is 14.0. The third kappa shape index (κ3) is 6.72. The van der Waals surface area contributed by atoms with E-state index in [2.05, 4.69) is 18.8 Å². The molecule has 0 fully saturated rings. The number of nitrogens with zero attached hydrogens (tertiary/aromatic N) is 1. The van der Waals surface area contributed by atoms with Crippen LogP contribution in [0.15, 0.2) is 97.2 Å². The lowest BCUT2D eigenvalue weighted by molar-refractivity contribution is -0.142. The fourth-order valence-electron chi connectivity index (χ4n) is 5.25. The van der Waals surface area contributed by atoms with Crippen LogP contribution in [-0.2, 0) is 28.7 Å². The van der Waals surface area contributed by atoms with E-state index in [1.54, 1.807) is 19.2 Å². The standard InChI is InChI=1S/C36H32F3NO3/c1-4-42-33(41)19-24-15-17-25(18-16-24)22-43-27-10-7-9-26(20-27)34-30-13-8-14-32(36(37,38)39)35(30)40-21-31(34)29-12-6-5-11-28(29)23(2)3/h5-18,20-21,23H,4,19,22H2,1-3H3. The molecule has 220 valence electrons. The molecule has 0 atom stereocenters. The Morgan fingerprint density at radius 2 is 1.58 bits per heavy atom. The summed E-state index contributed by atoms with van der Waals surface area (Å²) in [7, 11) is 0. The van der Waals surface area contributed by atoms with Gasteiger partial charge in [-0.25, -0.2) is 0 Å². The van der Waals surface area contributed by atoms with E-state index in [0.29, 0.717) is 23.3 Å². The summed E-state index contributed by atoms with van der Waals surface area (Å²) in [5.74, 6) is 0.498. The summed E-state index contributed by atoms with van der Waals surface area (Å²) in [6.45, 7) is 6.57. The van der Waals surface area contributed by atoms with E-state index in [0.717, 1.165) is 39.4 Å². The van der Waals surface area contributed by atoms with Crippen molar-refractivity contribution >= 4 is 16.9 Å². The molecule has 0 bridgehead atoms. The van der Waals surface area contributed by atoms with Crippen LogP contribution in [0, 0.1) is 0 Å². The van der Waals surface area contributed by atoms with Gasteiger partial charge in [0.05, 0.1) is 24.1 Å². The number of ether oxygens (including phenoxy) is 2. The number of carbonyl (C=O) groups is 1. The number of pyridine rings is 1. The first-order valence-corrected chi connectivity index (χ1v) is 14.2. The highest BCUT2D eigenvalue weighted by molar-refractivity contribution is 6.03. The molecule has 1 aromatic heterocycles. The molecule has 5 rings (SSSR count). The van der Waals surface area contributed by atoms with Gasteiger partial charge >= 0.3 is 12.1 Å². The minimum Gasteiger partial charge on any atom is -0.489 e. The van der Waals surface area contributed by atoms with Gasteiger partial charge in [-0.1, -0.05) is 86.6 Å². The van der Waals surface area contributed by atoms with Crippen molar-refractivity contribution in [3.8, 4) is 28.0 Å². The molecule has 0 N–H and O–H groups in total. The molecule has 5 aromatic rings. The van der Waals surface area contributed by atoms with Gasteiger partial charge in [0.1, 0.15) is 12.4 Å². The number of aromatic nitrogens is 1. The molecule has 43 heavy (non-hydrogen) atoms. The average Bonchev–Trinajstić information content (AvgIpc) is 2.99. The van der Waals surface area contributed by atoms with E-state index < -0.39 is 11.7 Å². The Bertz CT molecular complexity index is 1740. The number of halogens is 3. The number of rotatable bonds is 9. The molecule has 7 heteroatoms. The molecule has 0 aliphatic carbocycles. The number of esters is 1. The highest BCUT2D eigenvalue weighted by atomic mass is 19.4. The van der Waals surface area contributed by atoms with E-state index >= 15 is 0 Å². The summed E-state index contributed by atoms with van der Waals surface area (Å²) >= 11 is 0. The Hall–Kier alpha value is -4.65. The average molecular weight is 584 g/mol. The van der Waals surface area contributed by atoms with Crippen LogP contribution in [-0.4, -0.2) is 17.6 Å². The fraction of sp³-hybridized carbons (Fsp3) is 0.222. The van der Waals surface area contributed by atoms with Gasteiger partial charge in [-0.2, -0.15) is 13.2 Å². The van der Waals surface area contributed by atoms with Gasteiger partial charge in [-0.05, 0) is 58.9 Å². The third-order valence-corrected chi connectivity index (χ3v) is 7.28. The molecule has 0 aliphatic rings. The summed E-state index contributed by atoms with van der Waals surface area (Å²) in [4.78, 5) is 16.1. The number of alkyl halides is 3. The lowest BCUT2D eigenvalue weighted by Gasteiger charge is -2.19. The fourth-order valence-corrected chi connectivity index (χ4v) is 5.25. The molecule has 1 heterocycles. The number of para-hydroxylation sites is 1. The molecular weight excluding hydrogens is 551 g/mol. The predicted molar refractivity (Wildman–Crippen MR) is 163 cm³/mol. The molecule has 0 saturated carbocycles. The Kier molecular flexibility index (Phi) is 8.81. The van der Waals surface area contributed by atoms with Gasteiger partial charge in [0.2, 0.25) is 0 Å². The zero-order valence-electron chi connectivity index (χ0n) is 24.2. The molecule has 0 unspecified atom stereocenters. The van der Waals surface area contributed by atoms with Crippen LogP contribution in [0.2, 0.25) is 0 Å². The number of carbonyl (C=O) groups excluding carboxylic acids is 1. The second-order valence-electron chi connectivity index (χ2n) is 10.6. The lowest BCUT2D eigenvalue weighted by atomic mass is 9.87. The van der Waals surface area contributed by atoms with Gasteiger partial charge < -0.3 is 9.47 Å². The number of fused-ring (bicyclic) bond motifs is 1. The molecular formula is C36H32F3NO3. The SMILES string of the molecule is CCOC(=O)Cc1ccc(COc2cccc(-c3c(-c4ccccc4C(C)C)cnc4c(C(F)(F)F)cccc34)c2)cc1. The van der Waals surface area contributed by atoms with E-state index in [-0.39, 0.29) is 30.4 Å². The van der Waals surface area contributed by atoms with Crippen LogP contribution in [0.5, 0.6) is 5.75 Å². The van der Waals surface area contributed by atoms with E-state index in [9.17, 15) is 18.0 Å². The van der Waals surface area contributed by atoms with E-state index in [4.69, 9.17) is 9.47 Å². The predicted octanol–water partition coefficient (Wildman–Crippen LogP) is 9.40. The number of hydrogen-bond donors (Lipinski definition) is 0. The zero-order valence-corrected chi connectivity index (χ0v) is 24.2. The molecule has 0 saturated heterocycles. The van der Waals surface area contributed by atoms with Gasteiger partial charge in [0.25, 0.3) is 0 Å². The minimum atomic E-state index is -4.54.